The largest absolute Gasteiger partial charge is 0.451 e. The standard InChI is InChI=1S/C17H21N3O4/c1-10(2)11(3)18-14(21)9-24-17(23)15-12-7-5-6-8-13(12)16(22)20(4)19-15/h5-8,10-11H,9H2,1-4H3,(H,18,21)/t11-/m1/s1. The Bertz CT molecular complexity index is 826. The second-order valence-electron chi connectivity index (χ2n) is 6.00. The normalized spacial score (nSPS) is 12.2. The quantitative estimate of drug-likeness (QED) is 0.833. The molecule has 2 rings (SSSR count). The molecule has 0 aliphatic rings. The molecule has 0 bridgehead atoms. The van der Waals surface area contributed by atoms with Crippen molar-refractivity contribution in [3.05, 3.63) is 40.3 Å². The van der Waals surface area contributed by atoms with E-state index in [4.69, 9.17) is 4.74 Å². The predicted molar refractivity (Wildman–Crippen MR) is 89.7 cm³/mol. The number of esters is 1. The first kappa shape index (κ1) is 17.7. The summed E-state index contributed by atoms with van der Waals surface area (Å²) in [6.45, 7) is 5.45. The number of rotatable bonds is 5. The Labute approximate surface area is 139 Å². The average Bonchev–Trinajstić information content (AvgIpc) is 2.55. The van der Waals surface area contributed by atoms with Crippen LogP contribution in [0.3, 0.4) is 0 Å². The first-order chi connectivity index (χ1) is 11.3. The Morgan fingerprint density at radius 3 is 2.46 bits per heavy atom. The van der Waals surface area contributed by atoms with Crippen LogP contribution in [0.25, 0.3) is 10.8 Å². The fourth-order valence-electron chi connectivity index (χ4n) is 2.11. The maximum atomic E-state index is 12.3. The minimum atomic E-state index is -0.742. The van der Waals surface area contributed by atoms with E-state index in [1.807, 2.05) is 20.8 Å². The molecule has 7 nitrogen and oxygen atoms in total. The summed E-state index contributed by atoms with van der Waals surface area (Å²) in [7, 11) is 1.46. The molecule has 1 amide bonds. The van der Waals surface area contributed by atoms with Crippen molar-refractivity contribution in [3.8, 4) is 0 Å². The molecule has 0 saturated carbocycles. The zero-order valence-corrected chi connectivity index (χ0v) is 14.2. The van der Waals surface area contributed by atoms with Gasteiger partial charge in [0, 0.05) is 18.5 Å². The number of aromatic nitrogens is 2. The Hall–Kier alpha value is -2.70. The van der Waals surface area contributed by atoms with E-state index in [2.05, 4.69) is 10.4 Å². The average molecular weight is 331 g/mol. The molecule has 2 aromatic rings. The van der Waals surface area contributed by atoms with Crippen molar-refractivity contribution in [2.75, 3.05) is 6.61 Å². The van der Waals surface area contributed by atoms with E-state index in [-0.39, 0.29) is 29.1 Å². The zero-order valence-electron chi connectivity index (χ0n) is 14.2. The third-order valence-corrected chi connectivity index (χ3v) is 3.87. The van der Waals surface area contributed by atoms with Crippen LogP contribution in [0.4, 0.5) is 0 Å². The highest BCUT2D eigenvalue weighted by Gasteiger charge is 2.19. The van der Waals surface area contributed by atoms with Crippen molar-refractivity contribution in [2.45, 2.75) is 26.8 Å². The number of amides is 1. The second kappa shape index (κ2) is 7.25. The first-order valence-corrected chi connectivity index (χ1v) is 7.73. The second-order valence-corrected chi connectivity index (χ2v) is 6.00. The van der Waals surface area contributed by atoms with Crippen LogP contribution < -0.4 is 10.9 Å². The minimum absolute atomic E-state index is 0.0115. The van der Waals surface area contributed by atoms with Gasteiger partial charge in [-0.3, -0.25) is 9.59 Å². The number of nitrogens with zero attached hydrogens (tertiary/aromatic N) is 2. The van der Waals surface area contributed by atoms with Crippen LogP contribution >= 0.6 is 0 Å². The molecule has 1 heterocycles. The summed E-state index contributed by atoms with van der Waals surface area (Å²) in [6.07, 6.45) is 0. The van der Waals surface area contributed by atoms with E-state index in [0.29, 0.717) is 10.8 Å². The summed E-state index contributed by atoms with van der Waals surface area (Å²) in [5, 5.41) is 7.50. The van der Waals surface area contributed by atoms with E-state index in [1.54, 1.807) is 24.3 Å². The molecule has 0 spiro atoms. The summed E-state index contributed by atoms with van der Waals surface area (Å²) >= 11 is 0. The van der Waals surface area contributed by atoms with E-state index in [0.717, 1.165) is 4.68 Å². The SMILES string of the molecule is CC(C)[C@@H](C)NC(=O)COC(=O)c1nn(C)c(=O)c2ccccc12. The molecule has 7 heteroatoms. The molecule has 1 aromatic heterocycles. The molecule has 24 heavy (non-hydrogen) atoms. The van der Waals surface area contributed by atoms with Crippen LogP contribution in [0.1, 0.15) is 31.3 Å². The van der Waals surface area contributed by atoms with Crippen molar-refractivity contribution < 1.29 is 14.3 Å². The number of hydrogen-bond donors (Lipinski definition) is 1. The van der Waals surface area contributed by atoms with Gasteiger partial charge in [0.1, 0.15) is 0 Å². The molecular weight excluding hydrogens is 310 g/mol. The third-order valence-electron chi connectivity index (χ3n) is 3.87. The number of fused-ring (bicyclic) bond motifs is 1. The van der Waals surface area contributed by atoms with Gasteiger partial charge >= 0.3 is 5.97 Å². The number of carbonyl (C=O) groups excluding carboxylic acids is 2. The lowest BCUT2D eigenvalue weighted by Gasteiger charge is -2.17. The Balaban J connectivity index is 2.16. The smallest absolute Gasteiger partial charge is 0.359 e. The van der Waals surface area contributed by atoms with Crippen LogP contribution in [0.15, 0.2) is 29.1 Å². The summed E-state index contributed by atoms with van der Waals surface area (Å²) in [4.78, 5) is 36.1. The predicted octanol–water partition coefficient (Wildman–Crippen LogP) is 1.25. The van der Waals surface area contributed by atoms with E-state index >= 15 is 0 Å². The van der Waals surface area contributed by atoms with Crippen LogP contribution in [-0.2, 0) is 16.6 Å². The van der Waals surface area contributed by atoms with Crippen LogP contribution in [-0.4, -0.2) is 34.3 Å². The van der Waals surface area contributed by atoms with Crippen LogP contribution in [0.2, 0.25) is 0 Å². The summed E-state index contributed by atoms with van der Waals surface area (Å²) in [5.74, 6) is -0.841. The monoisotopic (exact) mass is 331 g/mol. The number of carbonyl (C=O) groups is 2. The molecule has 1 aromatic carbocycles. The molecule has 0 radical (unpaired) electrons. The highest BCUT2D eigenvalue weighted by atomic mass is 16.5. The number of hydrogen-bond acceptors (Lipinski definition) is 5. The van der Waals surface area contributed by atoms with Crippen molar-refractivity contribution in [3.63, 3.8) is 0 Å². The lowest BCUT2D eigenvalue weighted by Crippen LogP contribution is -2.38. The number of ether oxygens (including phenoxy) is 1. The molecule has 0 aliphatic carbocycles. The van der Waals surface area contributed by atoms with Crippen molar-refractivity contribution in [1.29, 1.82) is 0 Å². The molecular formula is C17H21N3O4. The van der Waals surface area contributed by atoms with Gasteiger partial charge < -0.3 is 10.1 Å². The van der Waals surface area contributed by atoms with Crippen molar-refractivity contribution in [1.82, 2.24) is 15.1 Å². The van der Waals surface area contributed by atoms with Gasteiger partial charge in [-0.1, -0.05) is 32.0 Å². The zero-order chi connectivity index (χ0) is 17.9. The maximum Gasteiger partial charge on any atom is 0.359 e. The lowest BCUT2D eigenvalue weighted by molar-refractivity contribution is -0.125. The van der Waals surface area contributed by atoms with E-state index in [1.165, 1.54) is 7.05 Å². The molecule has 1 N–H and O–H groups in total. The van der Waals surface area contributed by atoms with E-state index < -0.39 is 12.6 Å². The third kappa shape index (κ3) is 3.79. The van der Waals surface area contributed by atoms with E-state index in [9.17, 15) is 14.4 Å². The van der Waals surface area contributed by atoms with Crippen LogP contribution in [0.5, 0.6) is 0 Å². The fraction of sp³-hybridized carbons (Fsp3) is 0.412. The van der Waals surface area contributed by atoms with Gasteiger partial charge in [-0.25, -0.2) is 9.48 Å². The molecule has 1 atom stereocenters. The number of benzene rings is 1. The molecule has 128 valence electrons. The highest BCUT2D eigenvalue weighted by molar-refractivity contribution is 6.02. The van der Waals surface area contributed by atoms with Gasteiger partial charge in [0.2, 0.25) is 0 Å². The minimum Gasteiger partial charge on any atom is -0.451 e. The Kier molecular flexibility index (Phi) is 5.33. The molecule has 0 unspecified atom stereocenters. The summed E-state index contributed by atoms with van der Waals surface area (Å²) < 4.78 is 6.13. The van der Waals surface area contributed by atoms with Gasteiger partial charge in [-0.15, -0.1) is 0 Å². The topological polar surface area (TPSA) is 90.3 Å². The Morgan fingerprint density at radius 1 is 1.21 bits per heavy atom. The van der Waals surface area contributed by atoms with Crippen LogP contribution in [0, 0.1) is 5.92 Å². The molecule has 0 aliphatic heterocycles. The molecule has 0 saturated heterocycles. The number of aryl methyl sites for hydroxylation is 1. The molecule has 0 fully saturated rings. The van der Waals surface area contributed by atoms with Crippen molar-refractivity contribution in [2.24, 2.45) is 13.0 Å². The van der Waals surface area contributed by atoms with Gasteiger partial charge in [-0.2, -0.15) is 5.10 Å². The first-order valence-electron chi connectivity index (χ1n) is 7.73. The van der Waals surface area contributed by atoms with Gasteiger partial charge in [0.15, 0.2) is 12.3 Å². The summed E-state index contributed by atoms with van der Waals surface area (Å²) in [5.41, 5.74) is -0.289. The Morgan fingerprint density at radius 2 is 1.83 bits per heavy atom. The summed E-state index contributed by atoms with van der Waals surface area (Å²) in [6, 6.07) is 6.64. The number of nitrogens with one attached hydrogen (secondary N) is 1. The fourth-order valence-corrected chi connectivity index (χ4v) is 2.11. The van der Waals surface area contributed by atoms with Crippen molar-refractivity contribution >= 4 is 22.6 Å². The van der Waals surface area contributed by atoms with Gasteiger partial charge in [-0.05, 0) is 18.9 Å². The maximum absolute atomic E-state index is 12.3. The highest BCUT2D eigenvalue weighted by Crippen LogP contribution is 2.13. The van der Waals surface area contributed by atoms with Gasteiger partial charge in [0.05, 0.1) is 5.39 Å². The lowest BCUT2D eigenvalue weighted by atomic mass is 10.1. The van der Waals surface area contributed by atoms with Gasteiger partial charge in [0.25, 0.3) is 11.5 Å².